The first-order chi connectivity index (χ1) is 21.4. The SMILES string of the molecule is O=C(O)CCC(=O)NCc1cccc(-c2cccc([C@H]3O[C@@H](CSc4cccc[n+]4[O-])C[C@@H](c4ccc(CO)cc4)O3)c2)c1. The lowest BCUT2D eigenvalue weighted by Gasteiger charge is -2.36. The minimum atomic E-state index is -1.00. The molecule has 3 aromatic carbocycles. The van der Waals surface area contributed by atoms with Gasteiger partial charge in [0.05, 0.1) is 25.2 Å². The van der Waals surface area contributed by atoms with E-state index in [0.717, 1.165) is 38.1 Å². The smallest absolute Gasteiger partial charge is 0.303 e. The van der Waals surface area contributed by atoms with Crippen LogP contribution >= 0.6 is 11.8 Å². The van der Waals surface area contributed by atoms with Crippen molar-refractivity contribution in [1.82, 2.24) is 5.32 Å². The van der Waals surface area contributed by atoms with E-state index in [-0.39, 0.29) is 37.6 Å². The molecule has 0 saturated carbocycles. The van der Waals surface area contributed by atoms with Crippen LogP contribution in [0.25, 0.3) is 11.1 Å². The zero-order valence-electron chi connectivity index (χ0n) is 24.0. The second-order valence-electron chi connectivity index (χ2n) is 10.5. The maximum atomic E-state index is 12.2. The molecule has 1 aromatic heterocycles. The van der Waals surface area contributed by atoms with Crippen molar-refractivity contribution in [3.63, 3.8) is 0 Å². The number of rotatable bonds is 12. The Morgan fingerprint density at radius 1 is 0.886 bits per heavy atom. The third-order valence-electron chi connectivity index (χ3n) is 7.30. The quantitative estimate of drug-likeness (QED) is 0.111. The highest BCUT2D eigenvalue weighted by molar-refractivity contribution is 7.99. The van der Waals surface area contributed by atoms with Crippen LogP contribution in [0.15, 0.2) is 102 Å². The van der Waals surface area contributed by atoms with Gasteiger partial charge >= 0.3 is 5.97 Å². The van der Waals surface area contributed by atoms with Gasteiger partial charge in [-0.05, 0) is 46.0 Å². The maximum Gasteiger partial charge on any atom is 0.303 e. The lowest BCUT2D eigenvalue weighted by molar-refractivity contribution is -0.645. The van der Waals surface area contributed by atoms with Crippen molar-refractivity contribution in [2.24, 2.45) is 0 Å². The summed E-state index contributed by atoms with van der Waals surface area (Å²) in [5.41, 5.74) is 5.45. The van der Waals surface area contributed by atoms with Crippen LogP contribution in [-0.2, 0) is 32.2 Å². The van der Waals surface area contributed by atoms with Gasteiger partial charge in [0.2, 0.25) is 5.91 Å². The van der Waals surface area contributed by atoms with E-state index >= 15 is 0 Å². The lowest BCUT2D eigenvalue weighted by atomic mass is 9.99. The first kappa shape index (κ1) is 31.2. The number of amides is 1. The molecule has 3 N–H and O–H groups in total. The van der Waals surface area contributed by atoms with Crippen LogP contribution in [0, 0.1) is 5.21 Å². The standard InChI is InChI=1S/C34H34N2O7S/c37-21-23-10-12-25(13-11-23)30-19-29(22-44-32-9-1-2-16-36(32)41)42-34(43-30)28-8-4-7-27(18-28)26-6-3-5-24(17-26)20-35-31(38)14-15-33(39)40/h1-13,16-18,29-30,34,37H,14-15,19-22H2,(H,35,38)(H,39,40)/t29-,30+,34+/m1/s1. The number of hydrogen-bond donors (Lipinski definition) is 3. The van der Waals surface area contributed by atoms with Crippen molar-refractivity contribution in [3.8, 4) is 11.1 Å². The molecule has 0 radical (unpaired) electrons. The van der Waals surface area contributed by atoms with Crippen molar-refractivity contribution >= 4 is 23.6 Å². The average Bonchev–Trinajstić information content (AvgIpc) is 3.06. The van der Waals surface area contributed by atoms with E-state index < -0.39 is 12.3 Å². The molecule has 9 nitrogen and oxygen atoms in total. The van der Waals surface area contributed by atoms with Gasteiger partial charge in [-0.25, -0.2) is 0 Å². The molecule has 1 amide bonds. The molecule has 0 bridgehead atoms. The molecule has 0 spiro atoms. The zero-order chi connectivity index (χ0) is 30.9. The fourth-order valence-corrected chi connectivity index (χ4v) is 5.89. The highest BCUT2D eigenvalue weighted by Crippen LogP contribution is 2.40. The number of thioether (sulfide) groups is 1. The predicted molar refractivity (Wildman–Crippen MR) is 165 cm³/mol. The van der Waals surface area contributed by atoms with Crippen LogP contribution in [-0.4, -0.2) is 33.9 Å². The summed E-state index contributed by atoms with van der Waals surface area (Å²) in [5.74, 6) is -0.746. The molecule has 0 unspecified atom stereocenters. The number of ether oxygens (including phenoxy) is 2. The van der Waals surface area contributed by atoms with Gasteiger partial charge in [-0.3, -0.25) is 9.59 Å². The lowest BCUT2D eigenvalue weighted by Crippen LogP contribution is -2.32. The summed E-state index contributed by atoms with van der Waals surface area (Å²) >= 11 is 1.44. The molecule has 4 aromatic rings. The van der Waals surface area contributed by atoms with E-state index in [1.54, 1.807) is 12.1 Å². The maximum absolute atomic E-state index is 12.2. The van der Waals surface area contributed by atoms with Gasteiger partial charge in [0.25, 0.3) is 5.03 Å². The summed E-state index contributed by atoms with van der Waals surface area (Å²) in [5, 5.41) is 33.9. The average molecular weight is 615 g/mol. The largest absolute Gasteiger partial charge is 0.618 e. The fourth-order valence-electron chi connectivity index (χ4n) is 4.96. The van der Waals surface area contributed by atoms with E-state index in [4.69, 9.17) is 14.6 Å². The number of pyridine rings is 1. The van der Waals surface area contributed by atoms with Crippen LogP contribution in [0.4, 0.5) is 0 Å². The van der Waals surface area contributed by atoms with Crippen molar-refractivity contribution in [2.75, 3.05) is 5.75 Å². The number of hydrogen-bond acceptors (Lipinski definition) is 7. The fraction of sp³-hybridized carbons (Fsp3) is 0.265. The Bertz CT molecular complexity index is 1580. The van der Waals surface area contributed by atoms with E-state index in [1.807, 2.05) is 78.9 Å². The number of nitrogens with zero attached hydrogens (tertiary/aromatic N) is 1. The molecule has 5 rings (SSSR count). The summed E-state index contributed by atoms with van der Waals surface area (Å²) in [6.45, 7) is 0.260. The van der Waals surface area contributed by atoms with E-state index in [9.17, 15) is 19.9 Å². The molecule has 10 heteroatoms. The third-order valence-corrected chi connectivity index (χ3v) is 8.45. The van der Waals surface area contributed by atoms with Gasteiger partial charge < -0.3 is 30.2 Å². The van der Waals surface area contributed by atoms with Crippen molar-refractivity contribution in [2.45, 2.75) is 55.9 Å². The van der Waals surface area contributed by atoms with Gasteiger partial charge in [0.15, 0.2) is 12.5 Å². The number of carbonyl (C=O) groups excluding carboxylic acids is 1. The Kier molecular flexibility index (Phi) is 10.6. The molecule has 1 aliphatic heterocycles. The zero-order valence-corrected chi connectivity index (χ0v) is 24.8. The number of nitrogens with one attached hydrogen (secondary N) is 1. The molecule has 1 saturated heterocycles. The van der Waals surface area contributed by atoms with Crippen molar-refractivity contribution in [3.05, 3.63) is 125 Å². The number of aliphatic hydroxyl groups excluding tert-OH is 1. The first-order valence-electron chi connectivity index (χ1n) is 14.4. The number of benzene rings is 3. The number of carboxylic acid groups (broad SMARTS) is 1. The van der Waals surface area contributed by atoms with Crippen LogP contribution < -0.4 is 10.0 Å². The Labute approximate surface area is 260 Å². The topological polar surface area (TPSA) is 132 Å². The molecular formula is C34H34N2O7S. The Hall–Kier alpha value is -4.22. The van der Waals surface area contributed by atoms with Crippen LogP contribution in [0.5, 0.6) is 0 Å². The van der Waals surface area contributed by atoms with Crippen LogP contribution in [0.1, 0.15) is 53.9 Å². The Balaban J connectivity index is 1.33. The number of carbonyl (C=O) groups is 2. The van der Waals surface area contributed by atoms with Crippen LogP contribution in [0.3, 0.4) is 0 Å². The predicted octanol–water partition coefficient (Wildman–Crippen LogP) is 5.30. The van der Waals surface area contributed by atoms with E-state index in [2.05, 4.69) is 5.32 Å². The molecular weight excluding hydrogens is 580 g/mol. The second-order valence-corrected chi connectivity index (χ2v) is 11.6. The highest BCUT2D eigenvalue weighted by atomic mass is 32.2. The van der Waals surface area contributed by atoms with Gasteiger partial charge in [0.1, 0.15) is 0 Å². The Morgan fingerprint density at radius 2 is 1.66 bits per heavy atom. The number of carboxylic acids is 1. The summed E-state index contributed by atoms with van der Waals surface area (Å²) < 4.78 is 13.8. The van der Waals surface area contributed by atoms with Gasteiger partial charge in [-0.2, -0.15) is 4.73 Å². The summed E-state index contributed by atoms with van der Waals surface area (Å²) in [6, 6.07) is 28.8. The van der Waals surface area contributed by atoms with E-state index in [1.165, 1.54) is 18.0 Å². The summed E-state index contributed by atoms with van der Waals surface area (Å²) in [6.07, 6.45) is 0.722. The van der Waals surface area contributed by atoms with Gasteiger partial charge in [-0.1, -0.05) is 72.4 Å². The third kappa shape index (κ3) is 8.45. The molecule has 44 heavy (non-hydrogen) atoms. The summed E-state index contributed by atoms with van der Waals surface area (Å²) in [4.78, 5) is 22.7. The Morgan fingerprint density at radius 3 is 2.41 bits per heavy atom. The number of aliphatic hydroxyl groups is 1. The molecule has 1 fully saturated rings. The number of aliphatic carboxylic acids is 1. The molecule has 228 valence electrons. The second kappa shape index (κ2) is 15.0. The van der Waals surface area contributed by atoms with Gasteiger partial charge in [0, 0.05) is 42.8 Å². The monoisotopic (exact) mass is 614 g/mol. The van der Waals surface area contributed by atoms with Crippen LogP contribution in [0.2, 0.25) is 0 Å². The van der Waals surface area contributed by atoms with Gasteiger partial charge in [-0.15, -0.1) is 0 Å². The highest BCUT2D eigenvalue weighted by Gasteiger charge is 2.33. The number of aromatic nitrogens is 1. The summed E-state index contributed by atoms with van der Waals surface area (Å²) in [7, 11) is 0. The molecule has 3 atom stereocenters. The molecule has 0 aliphatic carbocycles. The van der Waals surface area contributed by atoms with E-state index in [0.29, 0.717) is 23.7 Å². The van der Waals surface area contributed by atoms with Crippen molar-refractivity contribution < 1.29 is 34.0 Å². The van der Waals surface area contributed by atoms with Crippen molar-refractivity contribution in [1.29, 1.82) is 0 Å². The first-order valence-corrected chi connectivity index (χ1v) is 15.4. The normalized spacial score (nSPS) is 18.1. The minimum absolute atomic E-state index is 0.0336. The minimum Gasteiger partial charge on any atom is -0.618 e. The molecule has 2 heterocycles. The molecule has 1 aliphatic rings.